The second-order valence-corrected chi connectivity index (χ2v) is 5.58. The standard InChI is InChI=1S/C15H31NO/c1-3-4-5-6-7-8-14(2)16-11-12-17-13-15-9-10-15/h14-16H,3-13H2,1-2H3. The van der Waals surface area contributed by atoms with E-state index in [1.54, 1.807) is 0 Å². The third-order valence-electron chi connectivity index (χ3n) is 3.53. The summed E-state index contributed by atoms with van der Waals surface area (Å²) in [7, 11) is 0. The largest absolute Gasteiger partial charge is 0.380 e. The molecule has 0 bridgehead atoms. The zero-order chi connectivity index (χ0) is 12.3. The van der Waals surface area contributed by atoms with Crippen LogP contribution in [0.3, 0.4) is 0 Å². The molecule has 1 rings (SSSR count). The molecule has 0 spiro atoms. The fourth-order valence-corrected chi connectivity index (χ4v) is 2.07. The highest BCUT2D eigenvalue weighted by Crippen LogP contribution is 2.28. The molecule has 0 aliphatic heterocycles. The van der Waals surface area contributed by atoms with Gasteiger partial charge in [0.05, 0.1) is 6.61 Å². The molecule has 0 heterocycles. The van der Waals surface area contributed by atoms with Gasteiger partial charge in [-0.3, -0.25) is 0 Å². The lowest BCUT2D eigenvalue weighted by molar-refractivity contribution is 0.124. The highest BCUT2D eigenvalue weighted by Gasteiger charge is 2.20. The predicted octanol–water partition coefficient (Wildman–Crippen LogP) is 3.75. The Balaban J connectivity index is 1.75. The van der Waals surface area contributed by atoms with E-state index in [4.69, 9.17) is 4.74 Å². The Kier molecular flexibility index (Phi) is 8.72. The van der Waals surface area contributed by atoms with Crippen molar-refractivity contribution in [1.82, 2.24) is 5.32 Å². The van der Waals surface area contributed by atoms with Gasteiger partial charge in [-0.05, 0) is 32.1 Å². The molecule has 17 heavy (non-hydrogen) atoms. The van der Waals surface area contributed by atoms with Crippen molar-refractivity contribution in [3.63, 3.8) is 0 Å². The highest BCUT2D eigenvalue weighted by atomic mass is 16.5. The number of hydrogen-bond acceptors (Lipinski definition) is 2. The van der Waals surface area contributed by atoms with Crippen molar-refractivity contribution < 1.29 is 4.74 Å². The summed E-state index contributed by atoms with van der Waals surface area (Å²) in [5.41, 5.74) is 0. The molecule has 1 atom stereocenters. The molecule has 1 aliphatic rings. The summed E-state index contributed by atoms with van der Waals surface area (Å²) in [5.74, 6) is 0.894. The minimum Gasteiger partial charge on any atom is -0.380 e. The van der Waals surface area contributed by atoms with Crippen molar-refractivity contribution in [2.75, 3.05) is 19.8 Å². The van der Waals surface area contributed by atoms with Crippen LogP contribution < -0.4 is 5.32 Å². The Labute approximate surface area is 108 Å². The topological polar surface area (TPSA) is 21.3 Å². The maximum atomic E-state index is 5.60. The van der Waals surface area contributed by atoms with Crippen LogP contribution >= 0.6 is 0 Å². The second kappa shape index (κ2) is 9.90. The Morgan fingerprint density at radius 3 is 2.65 bits per heavy atom. The lowest BCUT2D eigenvalue weighted by Gasteiger charge is -2.13. The Bertz CT molecular complexity index is 168. The maximum absolute atomic E-state index is 5.60. The Morgan fingerprint density at radius 1 is 1.18 bits per heavy atom. The van der Waals surface area contributed by atoms with E-state index in [0.29, 0.717) is 6.04 Å². The van der Waals surface area contributed by atoms with E-state index < -0.39 is 0 Å². The van der Waals surface area contributed by atoms with Crippen molar-refractivity contribution in [1.29, 1.82) is 0 Å². The summed E-state index contributed by atoms with van der Waals surface area (Å²) in [6.45, 7) is 7.46. The molecule has 1 N–H and O–H groups in total. The molecule has 0 amide bonds. The van der Waals surface area contributed by atoms with Crippen LogP contribution in [0.5, 0.6) is 0 Å². The molecule has 1 aliphatic carbocycles. The molecule has 0 aromatic carbocycles. The van der Waals surface area contributed by atoms with Crippen LogP contribution in [-0.2, 0) is 4.74 Å². The van der Waals surface area contributed by atoms with Crippen molar-refractivity contribution in [3.8, 4) is 0 Å². The zero-order valence-corrected chi connectivity index (χ0v) is 11.8. The van der Waals surface area contributed by atoms with Crippen molar-refractivity contribution >= 4 is 0 Å². The van der Waals surface area contributed by atoms with Gasteiger partial charge >= 0.3 is 0 Å². The zero-order valence-electron chi connectivity index (χ0n) is 11.8. The molecular weight excluding hydrogens is 210 g/mol. The van der Waals surface area contributed by atoms with Crippen molar-refractivity contribution in [2.45, 2.75) is 71.3 Å². The molecule has 2 heteroatoms. The number of hydrogen-bond donors (Lipinski definition) is 1. The monoisotopic (exact) mass is 241 g/mol. The molecule has 102 valence electrons. The van der Waals surface area contributed by atoms with E-state index in [9.17, 15) is 0 Å². The number of ether oxygens (including phenoxy) is 1. The van der Waals surface area contributed by atoms with Gasteiger partial charge in [-0.1, -0.05) is 39.0 Å². The SMILES string of the molecule is CCCCCCCC(C)NCCOCC1CC1. The molecular formula is C15H31NO. The van der Waals surface area contributed by atoms with Crippen molar-refractivity contribution in [2.24, 2.45) is 5.92 Å². The average Bonchev–Trinajstić information content (AvgIpc) is 3.12. The third-order valence-corrected chi connectivity index (χ3v) is 3.53. The van der Waals surface area contributed by atoms with Crippen molar-refractivity contribution in [3.05, 3.63) is 0 Å². The Hall–Kier alpha value is -0.0800. The van der Waals surface area contributed by atoms with E-state index in [2.05, 4.69) is 19.2 Å². The average molecular weight is 241 g/mol. The van der Waals surface area contributed by atoms with Crippen LogP contribution in [0.1, 0.15) is 65.2 Å². The van der Waals surface area contributed by atoms with Crippen LogP contribution in [0.25, 0.3) is 0 Å². The summed E-state index contributed by atoms with van der Waals surface area (Å²) < 4.78 is 5.60. The molecule has 0 saturated heterocycles. The van der Waals surface area contributed by atoms with Gasteiger partial charge in [-0.25, -0.2) is 0 Å². The minimum atomic E-state index is 0.654. The molecule has 1 saturated carbocycles. The van der Waals surface area contributed by atoms with Crippen LogP contribution in [0, 0.1) is 5.92 Å². The molecule has 0 aromatic rings. The van der Waals surface area contributed by atoms with Gasteiger partial charge in [0.25, 0.3) is 0 Å². The van der Waals surface area contributed by atoms with Crippen LogP contribution in [-0.4, -0.2) is 25.8 Å². The first-order chi connectivity index (χ1) is 8.33. The van der Waals surface area contributed by atoms with Gasteiger partial charge < -0.3 is 10.1 Å². The Morgan fingerprint density at radius 2 is 1.94 bits per heavy atom. The highest BCUT2D eigenvalue weighted by molar-refractivity contribution is 4.72. The van der Waals surface area contributed by atoms with E-state index in [-0.39, 0.29) is 0 Å². The lowest BCUT2D eigenvalue weighted by atomic mass is 10.1. The maximum Gasteiger partial charge on any atom is 0.0591 e. The van der Waals surface area contributed by atoms with Gasteiger partial charge in [0.2, 0.25) is 0 Å². The van der Waals surface area contributed by atoms with Gasteiger partial charge in [0.15, 0.2) is 0 Å². The summed E-state index contributed by atoms with van der Waals surface area (Å²) in [5, 5.41) is 3.54. The van der Waals surface area contributed by atoms with Crippen LogP contribution in [0.2, 0.25) is 0 Å². The van der Waals surface area contributed by atoms with Gasteiger partial charge in [-0.15, -0.1) is 0 Å². The van der Waals surface area contributed by atoms with Gasteiger partial charge in [-0.2, -0.15) is 0 Å². The first-order valence-corrected chi connectivity index (χ1v) is 7.64. The molecule has 0 radical (unpaired) electrons. The molecule has 0 aromatic heterocycles. The van der Waals surface area contributed by atoms with Gasteiger partial charge in [0.1, 0.15) is 0 Å². The van der Waals surface area contributed by atoms with E-state index in [1.807, 2.05) is 0 Å². The van der Waals surface area contributed by atoms with Gasteiger partial charge in [0, 0.05) is 19.2 Å². The number of nitrogens with one attached hydrogen (secondary N) is 1. The molecule has 2 nitrogen and oxygen atoms in total. The smallest absolute Gasteiger partial charge is 0.0591 e. The first-order valence-electron chi connectivity index (χ1n) is 7.64. The summed E-state index contributed by atoms with van der Waals surface area (Å²) in [6.07, 6.45) is 11.0. The summed E-state index contributed by atoms with van der Waals surface area (Å²) in [4.78, 5) is 0. The second-order valence-electron chi connectivity index (χ2n) is 5.58. The fourth-order valence-electron chi connectivity index (χ4n) is 2.07. The van der Waals surface area contributed by atoms with E-state index in [0.717, 1.165) is 25.7 Å². The third kappa shape index (κ3) is 9.61. The van der Waals surface area contributed by atoms with Crippen LogP contribution in [0.4, 0.5) is 0 Å². The predicted molar refractivity (Wildman–Crippen MR) is 74.4 cm³/mol. The van der Waals surface area contributed by atoms with E-state index in [1.165, 1.54) is 51.4 Å². The summed E-state index contributed by atoms with van der Waals surface area (Å²) >= 11 is 0. The number of rotatable bonds is 12. The van der Waals surface area contributed by atoms with E-state index >= 15 is 0 Å². The lowest BCUT2D eigenvalue weighted by Crippen LogP contribution is -2.29. The first kappa shape index (κ1) is 15.0. The van der Waals surface area contributed by atoms with Crippen LogP contribution in [0.15, 0.2) is 0 Å². The summed E-state index contributed by atoms with van der Waals surface area (Å²) in [6, 6.07) is 0.654. The fraction of sp³-hybridized carbons (Fsp3) is 1.00. The minimum absolute atomic E-state index is 0.654. The molecule has 1 unspecified atom stereocenters. The number of unbranched alkanes of at least 4 members (excludes halogenated alkanes) is 4. The quantitative estimate of drug-likeness (QED) is 0.525. The molecule has 1 fully saturated rings. The normalized spacial score (nSPS) is 17.3.